The van der Waals surface area contributed by atoms with E-state index in [1.54, 1.807) is 28.8 Å². The Morgan fingerprint density at radius 3 is 2.65 bits per heavy atom. The van der Waals surface area contributed by atoms with Crippen LogP contribution in [0.1, 0.15) is 33.7 Å². The van der Waals surface area contributed by atoms with Gasteiger partial charge in [0, 0.05) is 41.5 Å². The molecule has 2 amide bonds. The molecule has 0 unspecified atom stereocenters. The molecule has 2 N–H and O–H groups in total. The number of fused-ring (bicyclic) bond motifs is 3. The van der Waals surface area contributed by atoms with Crippen LogP contribution in [-0.4, -0.2) is 46.0 Å². The average Bonchev–Trinajstić information content (AvgIpc) is 3.21. The van der Waals surface area contributed by atoms with E-state index in [4.69, 9.17) is 9.72 Å². The standard InChI is InChI=1S/C25H25N5O4/c1-15-19(16(2)30-24(27-15)20-9-4-5-10-21(20)29-30)11-12-23(32)34-14-22(31)28-18-8-6-7-17(13-18)25(33)26-3/h4-10,13H,11-12,14H2,1-3H3,(H,26,33)(H,28,31). The van der Waals surface area contributed by atoms with Crippen LogP contribution >= 0.6 is 0 Å². The molecular formula is C25H25N5O4. The van der Waals surface area contributed by atoms with Crippen molar-refractivity contribution in [2.24, 2.45) is 0 Å². The first-order valence-electron chi connectivity index (χ1n) is 10.9. The van der Waals surface area contributed by atoms with Gasteiger partial charge in [-0.1, -0.05) is 18.2 Å². The Morgan fingerprint density at radius 1 is 1.06 bits per heavy atom. The highest BCUT2D eigenvalue weighted by Crippen LogP contribution is 2.23. The second-order valence-corrected chi connectivity index (χ2v) is 7.88. The fourth-order valence-corrected chi connectivity index (χ4v) is 3.86. The number of carbonyl (C=O) groups excluding carboxylic acids is 3. The second-order valence-electron chi connectivity index (χ2n) is 7.88. The van der Waals surface area contributed by atoms with Crippen molar-refractivity contribution < 1.29 is 19.1 Å². The van der Waals surface area contributed by atoms with Crippen molar-refractivity contribution in [2.75, 3.05) is 19.0 Å². The Balaban J connectivity index is 1.35. The van der Waals surface area contributed by atoms with Gasteiger partial charge in [0.15, 0.2) is 12.3 Å². The lowest BCUT2D eigenvalue weighted by molar-refractivity contribution is -0.147. The largest absolute Gasteiger partial charge is 0.456 e. The van der Waals surface area contributed by atoms with Crippen LogP contribution < -0.4 is 10.6 Å². The van der Waals surface area contributed by atoms with E-state index in [9.17, 15) is 14.4 Å². The van der Waals surface area contributed by atoms with Crippen molar-refractivity contribution in [1.82, 2.24) is 19.9 Å². The molecule has 2 heterocycles. The summed E-state index contributed by atoms with van der Waals surface area (Å²) in [5, 5.41) is 10.8. The molecule has 0 bridgehead atoms. The van der Waals surface area contributed by atoms with Crippen LogP contribution in [0, 0.1) is 13.8 Å². The molecule has 0 aliphatic rings. The molecule has 34 heavy (non-hydrogen) atoms. The summed E-state index contributed by atoms with van der Waals surface area (Å²) in [6, 6.07) is 14.3. The van der Waals surface area contributed by atoms with Crippen molar-refractivity contribution in [2.45, 2.75) is 26.7 Å². The zero-order valence-corrected chi connectivity index (χ0v) is 19.2. The summed E-state index contributed by atoms with van der Waals surface area (Å²) in [5.74, 6) is -1.23. The van der Waals surface area contributed by atoms with Crippen molar-refractivity contribution in [3.05, 3.63) is 71.0 Å². The molecule has 0 saturated heterocycles. The van der Waals surface area contributed by atoms with Crippen molar-refractivity contribution >= 4 is 40.0 Å². The first-order chi connectivity index (χ1) is 16.4. The Bertz CT molecular complexity index is 1410. The van der Waals surface area contributed by atoms with Crippen LogP contribution in [0.2, 0.25) is 0 Å². The number of anilines is 1. The lowest BCUT2D eigenvalue weighted by atomic mass is 10.1. The van der Waals surface area contributed by atoms with Crippen LogP contribution in [0.25, 0.3) is 16.6 Å². The van der Waals surface area contributed by atoms with Crippen LogP contribution in [0.3, 0.4) is 0 Å². The molecule has 0 radical (unpaired) electrons. The zero-order chi connectivity index (χ0) is 24.2. The topological polar surface area (TPSA) is 115 Å². The summed E-state index contributed by atoms with van der Waals surface area (Å²) in [6.45, 7) is 3.45. The second kappa shape index (κ2) is 9.70. The third kappa shape index (κ3) is 4.73. The van der Waals surface area contributed by atoms with Gasteiger partial charge in [-0.05, 0) is 56.2 Å². The Morgan fingerprint density at radius 2 is 1.85 bits per heavy atom. The SMILES string of the molecule is CNC(=O)c1cccc(NC(=O)COC(=O)CCc2c(C)nc3c4ccccc4nn3c2C)c1. The van der Waals surface area contributed by atoms with E-state index in [-0.39, 0.29) is 12.3 Å². The van der Waals surface area contributed by atoms with Crippen molar-refractivity contribution in [3.63, 3.8) is 0 Å². The van der Waals surface area contributed by atoms with Gasteiger partial charge in [0.05, 0.1) is 5.52 Å². The van der Waals surface area contributed by atoms with Gasteiger partial charge < -0.3 is 15.4 Å². The van der Waals surface area contributed by atoms with Gasteiger partial charge in [-0.25, -0.2) is 9.50 Å². The first kappa shape index (κ1) is 22.9. The average molecular weight is 460 g/mol. The highest BCUT2D eigenvalue weighted by molar-refractivity contribution is 5.97. The number of esters is 1. The Hall–Kier alpha value is -4.27. The summed E-state index contributed by atoms with van der Waals surface area (Å²) in [7, 11) is 1.53. The number of hydrogen-bond donors (Lipinski definition) is 2. The van der Waals surface area contributed by atoms with E-state index < -0.39 is 18.5 Å². The molecule has 0 fully saturated rings. The fourth-order valence-electron chi connectivity index (χ4n) is 3.86. The molecule has 0 saturated carbocycles. The summed E-state index contributed by atoms with van der Waals surface area (Å²) in [6.07, 6.45) is 0.528. The van der Waals surface area contributed by atoms with E-state index >= 15 is 0 Å². The Kier molecular flexibility index (Phi) is 6.53. The van der Waals surface area contributed by atoms with Gasteiger partial charge >= 0.3 is 5.97 Å². The number of ether oxygens (including phenoxy) is 1. The number of aromatic nitrogens is 3. The van der Waals surface area contributed by atoms with Gasteiger partial charge in [0.25, 0.3) is 11.8 Å². The number of hydrogen-bond acceptors (Lipinski definition) is 6. The lowest BCUT2D eigenvalue weighted by Gasteiger charge is -2.11. The monoisotopic (exact) mass is 459 g/mol. The number of carbonyl (C=O) groups is 3. The quantitative estimate of drug-likeness (QED) is 0.411. The van der Waals surface area contributed by atoms with Gasteiger partial charge in [-0.2, -0.15) is 5.10 Å². The smallest absolute Gasteiger partial charge is 0.306 e. The van der Waals surface area contributed by atoms with E-state index in [1.165, 1.54) is 7.05 Å². The van der Waals surface area contributed by atoms with Gasteiger partial charge in [0.1, 0.15) is 0 Å². The molecule has 0 spiro atoms. The molecule has 4 aromatic rings. The zero-order valence-electron chi connectivity index (χ0n) is 19.2. The molecule has 9 heteroatoms. The number of amides is 2. The number of nitrogens with zero attached hydrogens (tertiary/aromatic N) is 3. The lowest BCUT2D eigenvalue weighted by Crippen LogP contribution is -2.22. The van der Waals surface area contributed by atoms with E-state index in [0.29, 0.717) is 17.7 Å². The maximum absolute atomic E-state index is 12.3. The van der Waals surface area contributed by atoms with Crippen LogP contribution in [-0.2, 0) is 20.7 Å². The minimum absolute atomic E-state index is 0.106. The summed E-state index contributed by atoms with van der Waals surface area (Å²) in [5.41, 5.74) is 5.18. The summed E-state index contributed by atoms with van der Waals surface area (Å²) < 4.78 is 6.94. The van der Waals surface area contributed by atoms with Crippen molar-refractivity contribution in [1.29, 1.82) is 0 Å². The van der Waals surface area contributed by atoms with Gasteiger partial charge in [-0.3, -0.25) is 14.4 Å². The molecule has 0 aliphatic heterocycles. The minimum Gasteiger partial charge on any atom is -0.456 e. The summed E-state index contributed by atoms with van der Waals surface area (Å²) >= 11 is 0. The normalized spacial score (nSPS) is 10.9. The van der Waals surface area contributed by atoms with Crippen LogP contribution in [0.5, 0.6) is 0 Å². The number of rotatable bonds is 7. The number of benzene rings is 2. The molecule has 0 atom stereocenters. The van der Waals surface area contributed by atoms with Crippen LogP contribution in [0.4, 0.5) is 5.69 Å². The molecular weight excluding hydrogens is 434 g/mol. The van der Waals surface area contributed by atoms with E-state index in [0.717, 1.165) is 33.5 Å². The predicted molar refractivity (Wildman–Crippen MR) is 128 cm³/mol. The van der Waals surface area contributed by atoms with E-state index in [1.807, 2.05) is 38.1 Å². The summed E-state index contributed by atoms with van der Waals surface area (Å²) in [4.78, 5) is 40.9. The molecule has 2 aromatic carbocycles. The highest BCUT2D eigenvalue weighted by atomic mass is 16.5. The molecule has 2 aromatic heterocycles. The predicted octanol–water partition coefficient (Wildman–Crippen LogP) is 2.97. The third-order valence-electron chi connectivity index (χ3n) is 5.60. The van der Waals surface area contributed by atoms with Crippen molar-refractivity contribution in [3.8, 4) is 0 Å². The fraction of sp³-hybridized carbons (Fsp3) is 0.240. The molecule has 0 aliphatic carbocycles. The highest BCUT2D eigenvalue weighted by Gasteiger charge is 2.16. The number of aryl methyl sites for hydroxylation is 2. The third-order valence-corrected chi connectivity index (χ3v) is 5.60. The maximum atomic E-state index is 12.3. The molecule has 174 valence electrons. The van der Waals surface area contributed by atoms with Gasteiger partial charge in [0.2, 0.25) is 0 Å². The maximum Gasteiger partial charge on any atom is 0.306 e. The van der Waals surface area contributed by atoms with Crippen LogP contribution in [0.15, 0.2) is 48.5 Å². The first-order valence-corrected chi connectivity index (χ1v) is 10.9. The molecule has 9 nitrogen and oxygen atoms in total. The van der Waals surface area contributed by atoms with E-state index in [2.05, 4.69) is 15.7 Å². The molecule has 4 rings (SSSR count). The number of nitrogens with one attached hydrogen (secondary N) is 2. The van der Waals surface area contributed by atoms with Gasteiger partial charge in [-0.15, -0.1) is 0 Å². The Labute approximate surface area is 196 Å². The minimum atomic E-state index is -0.487.